The summed E-state index contributed by atoms with van der Waals surface area (Å²) < 4.78 is 15.1. The number of halogens is 1. The number of amides is 1. The van der Waals surface area contributed by atoms with Crippen molar-refractivity contribution in [3.05, 3.63) is 46.9 Å². The Bertz CT molecular complexity index is 863. The van der Waals surface area contributed by atoms with Crippen molar-refractivity contribution in [2.24, 2.45) is 5.92 Å². The van der Waals surface area contributed by atoms with E-state index in [4.69, 9.17) is 0 Å². The number of nitrogens with zero attached hydrogens (tertiary/aromatic N) is 3. The highest BCUT2D eigenvalue weighted by molar-refractivity contribution is 5.93. The Morgan fingerprint density at radius 1 is 1.35 bits per heavy atom. The van der Waals surface area contributed by atoms with Crippen LogP contribution in [-0.2, 0) is 4.79 Å². The summed E-state index contributed by atoms with van der Waals surface area (Å²) in [7, 11) is 0. The second-order valence-corrected chi connectivity index (χ2v) is 7.03. The van der Waals surface area contributed by atoms with E-state index in [0.29, 0.717) is 29.5 Å². The van der Waals surface area contributed by atoms with Gasteiger partial charge in [0.1, 0.15) is 17.7 Å². The van der Waals surface area contributed by atoms with Crippen LogP contribution in [0.3, 0.4) is 0 Å². The van der Waals surface area contributed by atoms with Gasteiger partial charge in [0.05, 0.1) is 12.1 Å². The molecular weight excluding hydrogens is 331 g/mol. The summed E-state index contributed by atoms with van der Waals surface area (Å²) in [5, 5.41) is 12.5. The Labute approximate surface area is 153 Å². The summed E-state index contributed by atoms with van der Waals surface area (Å²) in [4.78, 5) is 14.7. The summed E-state index contributed by atoms with van der Waals surface area (Å²) in [6.45, 7) is 8.05. The van der Waals surface area contributed by atoms with E-state index in [1.807, 2.05) is 13.8 Å². The van der Waals surface area contributed by atoms with Crippen molar-refractivity contribution in [3.8, 4) is 11.8 Å². The number of carbonyl (C=O) groups is 1. The third-order valence-electron chi connectivity index (χ3n) is 5.04. The maximum atomic E-state index is 13.3. The van der Waals surface area contributed by atoms with Gasteiger partial charge in [0, 0.05) is 17.9 Å². The van der Waals surface area contributed by atoms with E-state index in [0.717, 1.165) is 30.8 Å². The largest absolute Gasteiger partial charge is 0.310 e. The van der Waals surface area contributed by atoms with Crippen LogP contribution in [0, 0.1) is 36.9 Å². The van der Waals surface area contributed by atoms with Crippen LogP contribution in [-0.4, -0.2) is 35.0 Å². The maximum absolute atomic E-state index is 13.3. The van der Waals surface area contributed by atoms with Crippen molar-refractivity contribution in [2.75, 3.05) is 25.0 Å². The SMILES string of the molecule is Cc1c(C#N)c(NC(=O)CN2CCC(C)C2)n(-c2ccc(F)cc2)c1C. The molecule has 2 heterocycles. The van der Waals surface area contributed by atoms with Crippen LogP contribution in [0.4, 0.5) is 10.2 Å². The molecule has 1 N–H and O–H groups in total. The third kappa shape index (κ3) is 3.49. The predicted molar refractivity (Wildman–Crippen MR) is 98.8 cm³/mol. The molecule has 1 atom stereocenters. The van der Waals surface area contributed by atoms with Crippen molar-refractivity contribution in [2.45, 2.75) is 27.2 Å². The molecule has 6 heteroatoms. The molecule has 26 heavy (non-hydrogen) atoms. The van der Waals surface area contributed by atoms with E-state index in [9.17, 15) is 14.4 Å². The zero-order chi connectivity index (χ0) is 18.8. The van der Waals surface area contributed by atoms with Gasteiger partial charge in [-0.25, -0.2) is 4.39 Å². The van der Waals surface area contributed by atoms with Crippen LogP contribution in [0.25, 0.3) is 5.69 Å². The smallest absolute Gasteiger partial charge is 0.239 e. The number of nitriles is 1. The molecule has 1 aromatic carbocycles. The van der Waals surface area contributed by atoms with Crippen molar-refractivity contribution >= 4 is 11.7 Å². The fraction of sp³-hybridized carbons (Fsp3) is 0.400. The highest BCUT2D eigenvalue weighted by Gasteiger charge is 2.24. The molecule has 1 aliphatic rings. The number of rotatable bonds is 4. The number of anilines is 1. The monoisotopic (exact) mass is 354 g/mol. The molecule has 1 unspecified atom stereocenters. The predicted octanol–water partition coefficient (Wildman–Crippen LogP) is 3.39. The lowest BCUT2D eigenvalue weighted by molar-refractivity contribution is -0.117. The van der Waals surface area contributed by atoms with Gasteiger partial charge in [0.25, 0.3) is 0 Å². The standard InChI is InChI=1S/C20H23FN4O/c1-13-8-9-24(11-13)12-19(26)23-20-18(10-22)14(2)15(3)25(20)17-6-4-16(21)5-7-17/h4-7,13H,8-9,11-12H2,1-3H3,(H,23,26). The molecule has 1 fully saturated rings. The second-order valence-electron chi connectivity index (χ2n) is 7.03. The van der Waals surface area contributed by atoms with E-state index in [1.165, 1.54) is 12.1 Å². The first-order valence-electron chi connectivity index (χ1n) is 8.80. The summed E-state index contributed by atoms with van der Waals surface area (Å²) >= 11 is 0. The zero-order valence-corrected chi connectivity index (χ0v) is 15.3. The van der Waals surface area contributed by atoms with Gasteiger partial charge in [-0.15, -0.1) is 0 Å². The molecule has 0 aliphatic carbocycles. The molecule has 1 amide bonds. The lowest BCUT2D eigenvalue weighted by Crippen LogP contribution is -2.32. The Morgan fingerprint density at radius 2 is 2.04 bits per heavy atom. The minimum atomic E-state index is -0.329. The van der Waals surface area contributed by atoms with Crippen molar-refractivity contribution in [1.29, 1.82) is 5.26 Å². The van der Waals surface area contributed by atoms with Crippen LogP contribution in [0.15, 0.2) is 24.3 Å². The number of benzene rings is 1. The van der Waals surface area contributed by atoms with E-state index in [2.05, 4.69) is 23.2 Å². The zero-order valence-electron chi connectivity index (χ0n) is 15.3. The number of hydrogen-bond acceptors (Lipinski definition) is 3. The first kappa shape index (κ1) is 18.2. The maximum Gasteiger partial charge on any atom is 0.239 e. The quantitative estimate of drug-likeness (QED) is 0.915. The highest BCUT2D eigenvalue weighted by Crippen LogP contribution is 2.30. The molecular formula is C20H23FN4O. The van der Waals surface area contributed by atoms with Crippen molar-refractivity contribution in [3.63, 3.8) is 0 Å². The summed E-state index contributed by atoms with van der Waals surface area (Å²) in [6.07, 6.45) is 1.10. The fourth-order valence-electron chi connectivity index (χ4n) is 3.52. The van der Waals surface area contributed by atoms with Crippen LogP contribution < -0.4 is 5.32 Å². The topological polar surface area (TPSA) is 61.1 Å². The number of likely N-dealkylation sites (tertiary alicyclic amines) is 1. The normalized spacial score (nSPS) is 17.3. The van der Waals surface area contributed by atoms with E-state index >= 15 is 0 Å². The molecule has 1 aliphatic heterocycles. The minimum absolute atomic E-state index is 0.142. The average Bonchev–Trinajstić information content (AvgIpc) is 3.10. The molecule has 1 saturated heterocycles. The van der Waals surface area contributed by atoms with Gasteiger partial charge in [-0.05, 0) is 62.6 Å². The Balaban J connectivity index is 1.92. The average molecular weight is 354 g/mol. The number of nitrogens with one attached hydrogen (secondary N) is 1. The summed E-state index contributed by atoms with van der Waals surface area (Å²) in [5.41, 5.74) is 2.80. The first-order chi connectivity index (χ1) is 12.4. The van der Waals surface area contributed by atoms with Crippen LogP contribution in [0.2, 0.25) is 0 Å². The molecule has 0 radical (unpaired) electrons. The minimum Gasteiger partial charge on any atom is -0.310 e. The second kappa shape index (κ2) is 7.30. The molecule has 2 aromatic rings. The van der Waals surface area contributed by atoms with Gasteiger partial charge >= 0.3 is 0 Å². The highest BCUT2D eigenvalue weighted by atomic mass is 19.1. The van der Waals surface area contributed by atoms with Gasteiger partial charge in [-0.3, -0.25) is 14.3 Å². The van der Waals surface area contributed by atoms with E-state index in [-0.39, 0.29) is 11.7 Å². The Morgan fingerprint density at radius 3 is 2.62 bits per heavy atom. The van der Waals surface area contributed by atoms with Crippen molar-refractivity contribution in [1.82, 2.24) is 9.47 Å². The third-order valence-corrected chi connectivity index (χ3v) is 5.04. The van der Waals surface area contributed by atoms with Gasteiger partial charge < -0.3 is 5.32 Å². The number of hydrogen-bond donors (Lipinski definition) is 1. The molecule has 0 saturated carbocycles. The molecule has 5 nitrogen and oxygen atoms in total. The molecule has 1 aromatic heterocycles. The molecule has 0 spiro atoms. The van der Waals surface area contributed by atoms with Crippen LogP contribution in [0.1, 0.15) is 30.2 Å². The summed E-state index contributed by atoms with van der Waals surface area (Å²) in [6, 6.07) is 8.21. The van der Waals surface area contributed by atoms with E-state index < -0.39 is 0 Å². The van der Waals surface area contributed by atoms with Gasteiger partial charge in [-0.1, -0.05) is 6.92 Å². The van der Waals surface area contributed by atoms with Crippen molar-refractivity contribution < 1.29 is 9.18 Å². The first-order valence-corrected chi connectivity index (χ1v) is 8.80. The van der Waals surface area contributed by atoms with Crippen LogP contribution >= 0.6 is 0 Å². The van der Waals surface area contributed by atoms with Crippen LogP contribution in [0.5, 0.6) is 0 Å². The Hall–Kier alpha value is -2.65. The lowest BCUT2D eigenvalue weighted by Gasteiger charge is -2.17. The number of aromatic nitrogens is 1. The fourth-order valence-corrected chi connectivity index (χ4v) is 3.52. The number of carbonyl (C=O) groups excluding carboxylic acids is 1. The Kier molecular flexibility index (Phi) is 5.10. The van der Waals surface area contributed by atoms with Gasteiger partial charge in [-0.2, -0.15) is 5.26 Å². The molecule has 3 rings (SSSR count). The molecule has 0 bridgehead atoms. The summed E-state index contributed by atoms with van der Waals surface area (Å²) in [5.74, 6) is 0.581. The van der Waals surface area contributed by atoms with Gasteiger partial charge in [0.2, 0.25) is 5.91 Å². The molecule has 136 valence electrons. The van der Waals surface area contributed by atoms with E-state index in [1.54, 1.807) is 16.7 Å². The lowest BCUT2D eigenvalue weighted by atomic mass is 10.2. The van der Waals surface area contributed by atoms with Gasteiger partial charge in [0.15, 0.2) is 0 Å².